The molecule has 0 aliphatic rings. The highest BCUT2D eigenvalue weighted by Crippen LogP contribution is 2.28. The van der Waals surface area contributed by atoms with Crippen LogP contribution < -0.4 is 4.74 Å². The van der Waals surface area contributed by atoms with Crippen LogP contribution in [0, 0.1) is 25.7 Å². The molecule has 0 radical (unpaired) electrons. The van der Waals surface area contributed by atoms with Gasteiger partial charge >= 0.3 is 0 Å². The summed E-state index contributed by atoms with van der Waals surface area (Å²) in [6.45, 7) is 4.61. The predicted octanol–water partition coefficient (Wildman–Crippen LogP) is 4.33. The highest BCUT2D eigenvalue weighted by Gasteiger charge is 2.07. The lowest BCUT2D eigenvalue weighted by atomic mass is 10.1. The van der Waals surface area contributed by atoms with E-state index in [1.54, 1.807) is 11.3 Å². The zero-order chi connectivity index (χ0) is 15.2. The van der Waals surface area contributed by atoms with Crippen LogP contribution >= 0.6 is 22.9 Å². The zero-order valence-corrected chi connectivity index (χ0v) is 13.6. The van der Waals surface area contributed by atoms with Crippen LogP contribution in [0.1, 0.15) is 28.0 Å². The van der Waals surface area contributed by atoms with E-state index in [1.165, 1.54) is 0 Å². The Hall–Kier alpha value is -1.47. The molecule has 0 amide bonds. The van der Waals surface area contributed by atoms with Gasteiger partial charge in [0.2, 0.25) is 0 Å². The molecule has 0 aliphatic carbocycles. The molecule has 0 bridgehead atoms. The molecule has 4 heteroatoms. The molecule has 1 N–H and O–H groups in total. The molecule has 0 spiro atoms. The summed E-state index contributed by atoms with van der Waals surface area (Å²) in [4.78, 5) is 1.12. The van der Waals surface area contributed by atoms with Gasteiger partial charge in [0.25, 0.3) is 0 Å². The van der Waals surface area contributed by atoms with Gasteiger partial charge in [0.15, 0.2) is 0 Å². The highest BCUT2D eigenvalue weighted by atomic mass is 35.5. The Morgan fingerprint density at radius 1 is 1.24 bits per heavy atom. The van der Waals surface area contributed by atoms with Crippen molar-refractivity contribution in [1.29, 1.82) is 0 Å². The molecule has 21 heavy (non-hydrogen) atoms. The lowest BCUT2D eigenvalue weighted by Crippen LogP contribution is -1.97. The van der Waals surface area contributed by atoms with Crippen LogP contribution in [0.3, 0.4) is 0 Å². The summed E-state index contributed by atoms with van der Waals surface area (Å²) in [5.74, 6) is 6.83. The molecule has 2 aromatic rings. The van der Waals surface area contributed by atoms with Crippen LogP contribution in [0.5, 0.6) is 5.75 Å². The number of hydrogen-bond acceptors (Lipinski definition) is 3. The minimum Gasteiger partial charge on any atom is -0.488 e. The average molecular weight is 321 g/mol. The molecule has 0 saturated heterocycles. The van der Waals surface area contributed by atoms with Crippen molar-refractivity contribution in [2.24, 2.45) is 0 Å². The fourth-order valence-corrected chi connectivity index (χ4v) is 3.07. The van der Waals surface area contributed by atoms with Gasteiger partial charge < -0.3 is 9.84 Å². The summed E-state index contributed by atoms with van der Waals surface area (Å²) in [7, 11) is 0. The van der Waals surface area contributed by atoms with Gasteiger partial charge in [0.1, 0.15) is 12.4 Å². The van der Waals surface area contributed by atoms with E-state index in [0.717, 1.165) is 32.3 Å². The maximum atomic E-state index is 8.70. The largest absolute Gasteiger partial charge is 0.488 e. The molecule has 110 valence electrons. The van der Waals surface area contributed by atoms with E-state index >= 15 is 0 Å². The minimum absolute atomic E-state index is 0.0994. The summed E-state index contributed by atoms with van der Waals surface area (Å²) in [6, 6.07) is 5.84. The second-order valence-electron chi connectivity index (χ2n) is 4.73. The number of hydrogen-bond donors (Lipinski definition) is 1. The van der Waals surface area contributed by atoms with Crippen LogP contribution in [0.4, 0.5) is 0 Å². The first-order valence-corrected chi connectivity index (χ1v) is 7.92. The van der Waals surface area contributed by atoms with E-state index in [9.17, 15) is 0 Å². The topological polar surface area (TPSA) is 29.5 Å². The van der Waals surface area contributed by atoms with Crippen LogP contribution in [-0.2, 0) is 6.61 Å². The number of thiophene rings is 1. The molecule has 1 heterocycles. The number of aliphatic hydroxyl groups excluding tert-OH is 1. The van der Waals surface area contributed by atoms with Gasteiger partial charge in [-0.3, -0.25) is 0 Å². The third kappa shape index (κ3) is 4.50. The Morgan fingerprint density at radius 2 is 1.95 bits per heavy atom. The van der Waals surface area contributed by atoms with Crippen molar-refractivity contribution in [2.75, 3.05) is 6.61 Å². The van der Waals surface area contributed by atoms with E-state index in [4.69, 9.17) is 21.4 Å². The Balaban J connectivity index is 2.03. The van der Waals surface area contributed by atoms with E-state index in [2.05, 4.69) is 11.8 Å². The molecule has 0 saturated carbocycles. The van der Waals surface area contributed by atoms with Crippen molar-refractivity contribution in [1.82, 2.24) is 0 Å². The number of ether oxygens (including phenoxy) is 1. The maximum Gasteiger partial charge on any atom is 0.125 e. The molecular weight excluding hydrogens is 304 g/mol. The monoisotopic (exact) mass is 320 g/mol. The second kappa shape index (κ2) is 7.51. The van der Waals surface area contributed by atoms with Gasteiger partial charge in [-0.1, -0.05) is 23.4 Å². The lowest BCUT2D eigenvalue weighted by Gasteiger charge is -2.11. The maximum absolute atomic E-state index is 8.70. The number of rotatable bonds is 4. The first kappa shape index (κ1) is 15.9. The van der Waals surface area contributed by atoms with Crippen LogP contribution in [0.2, 0.25) is 5.02 Å². The number of halogens is 1. The lowest BCUT2D eigenvalue weighted by molar-refractivity contribution is 0.305. The molecule has 0 atom stereocenters. The molecule has 2 rings (SSSR count). The van der Waals surface area contributed by atoms with Crippen molar-refractivity contribution < 1.29 is 9.84 Å². The van der Waals surface area contributed by atoms with Gasteiger partial charge in [0, 0.05) is 27.3 Å². The van der Waals surface area contributed by atoms with Crippen LogP contribution in [-0.4, -0.2) is 11.7 Å². The standard InChI is InChI=1S/C17H17ClO2S/c1-12-7-15(18)8-13(2)17(12)20-10-16-9-14(11-21-16)5-3-4-6-19/h7-9,11,19H,4,6,10H2,1-2H3. The average Bonchev–Trinajstić information content (AvgIpc) is 2.86. The molecule has 0 unspecified atom stereocenters. The summed E-state index contributed by atoms with van der Waals surface area (Å²) >= 11 is 7.64. The molecule has 1 aromatic carbocycles. The fraction of sp³-hybridized carbons (Fsp3) is 0.294. The Bertz CT molecular complexity index is 657. The van der Waals surface area contributed by atoms with Crippen molar-refractivity contribution >= 4 is 22.9 Å². The SMILES string of the molecule is Cc1cc(Cl)cc(C)c1OCc1cc(C#CCCO)cs1. The summed E-state index contributed by atoms with van der Waals surface area (Å²) < 4.78 is 5.91. The summed E-state index contributed by atoms with van der Waals surface area (Å²) in [5, 5.41) is 11.4. The van der Waals surface area contributed by atoms with Gasteiger partial charge in [-0.25, -0.2) is 0 Å². The third-order valence-electron chi connectivity index (χ3n) is 2.91. The molecule has 2 nitrogen and oxygen atoms in total. The molecular formula is C17H17ClO2S. The predicted molar refractivity (Wildman–Crippen MR) is 88.2 cm³/mol. The second-order valence-corrected chi connectivity index (χ2v) is 6.17. The zero-order valence-electron chi connectivity index (χ0n) is 12.1. The molecule has 1 aromatic heterocycles. The van der Waals surface area contributed by atoms with Gasteiger partial charge in [-0.05, 0) is 43.2 Å². The highest BCUT2D eigenvalue weighted by molar-refractivity contribution is 7.10. The van der Waals surface area contributed by atoms with Crippen molar-refractivity contribution in [3.63, 3.8) is 0 Å². The van der Waals surface area contributed by atoms with Crippen molar-refractivity contribution in [3.05, 3.63) is 50.2 Å². The molecule has 0 aliphatic heterocycles. The smallest absolute Gasteiger partial charge is 0.125 e. The quantitative estimate of drug-likeness (QED) is 0.850. The summed E-state index contributed by atoms with van der Waals surface area (Å²) in [5.41, 5.74) is 3.05. The minimum atomic E-state index is 0.0994. The van der Waals surface area contributed by atoms with Crippen LogP contribution in [0.25, 0.3) is 0 Å². The van der Waals surface area contributed by atoms with Crippen molar-refractivity contribution in [2.45, 2.75) is 26.9 Å². The van der Waals surface area contributed by atoms with Gasteiger partial charge in [-0.15, -0.1) is 11.3 Å². The van der Waals surface area contributed by atoms with E-state index in [-0.39, 0.29) is 6.61 Å². The third-order valence-corrected chi connectivity index (χ3v) is 4.04. The van der Waals surface area contributed by atoms with Gasteiger partial charge in [-0.2, -0.15) is 0 Å². The van der Waals surface area contributed by atoms with Gasteiger partial charge in [0.05, 0.1) is 6.61 Å². The first-order chi connectivity index (χ1) is 10.1. The van der Waals surface area contributed by atoms with E-state index < -0.39 is 0 Å². The number of benzene rings is 1. The first-order valence-electron chi connectivity index (χ1n) is 6.67. The normalized spacial score (nSPS) is 10.1. The molecule has 0 fully saturated rings. The Kier molecular flexibility index (Phi) is 5.69. The van der Waals surface area contributed by atoms with E-state index in [1.807, 2.05) is 37.4 Å². The van der Waals surface area contributed by atoms with E-state index in [0.29, 0.717) is 13.0 Å². The Morgan fingerprint density at radius 3 is 2.62 bits per heavy atom. The Labute approximate surface area is 134 Å². The fourth-order valence-electron chi connectivity index (χ4n) is 2.01. The number of aliphatic hydroxyl groups is 1. The number of aryl methyl sites for hydroxylation is 2. The summed E-state index contributed by atoms with van der Waals surface area (Å²) in [6.07, 6.45) is 0.505. The van der Waals surface area contributed by atoms with Crippen LogP contribution in [0.15, 0.2) is 23.6 Å². The van der Waals surface area contributed by atoms with Crippen molar-refractivity contribution in [3.8, 4) is 17.6 Å².